The molecule has 0 radical (unpaired) electrons. The van der Waals surface area contributed by atoms with Crippen LogP contribution in [0.3, 0.4) is 0 Å². The molecule has 0 saturated carbocycles. The van der Waals surface area contributed by atoms with E-state index in [2.05, 4.69) is 4.98 Å². The van der Waals surface area contributed by atoms with Gasteiger partial charge in [0, 0.05) is 17.1 Å². The number of aliphatic hydroxyl groups excluding tert-OH is 2. The van der Waals surface area contributed by atoms with Gasteiger partial charge in [-0.3, -0.25) is 4.79 Å². The predicted molar refractivity (Wildman–Crippen MR) is 70.1 cm³/mol. The number of fused-ring (bicyclic) bond motifs is 1. The van der Waals surface area contributed by atoms with Crippen LogP contribution in [0.5, 0.6) is 0 Å². The van der Waals surface area contributed by atoms with Gasteiger partial charge in [-0.15, -0.1) is 0 Å². The third kappa shape index (κ3) is 2.62. The molecule has 0 aliphatic rings. The number of hydrogen-bond acceptors (Lipinski definition) is 5. The lowest BCUT2D eigenvalue weighted by Gasteiger charge is -2.14. The van der Waals surface area contributed by atoms with Gasteiger partial charge in [0.1, 0.15) is 11.7 Å². The molecule has 1 heterocycles. The summed E-state index contributed by atoms with van der Waals surface area (Å²) in [5.41, 5.74) is -0.931. The fourth-order valence-electron chi connectivity index (χ4n) is 1.90. The quantitative estimate of drug-likeness (QED) is 0.520. The summed E-state index contributed by atoms with van der Waals surface area (Å²) in [4.78, 5) is 36.1. The third-order valence-corrected chi connectivity index (χ3v) is 3.03. The second kappa shape index (κ2) is 5.35. The molecule has 2 unspecified atom stereocenters. The van der Waals surface area contributed by atoms with Gasteiger partial charge in [-0.25, -0.2) is 9.59 Å². The number of rotatable bonds is 4. The van der Waals surface area contributed by atoms with Gasteiger partial charge in [0.15, 0.2) is 6.10 Å². The molecule has 5 N–H and O–H groups in total. The number of carboxylic acid groups (broad SMARTS) is 2. The monoisotopic (exact) mass is 293 g/mol. The average Bonchev–Trinajstić information content (AvgIpc) is 2.45. The van der Waals surface area contributed by atoms with Crippen molar-refractivity contribution >= 4 is 22.8 Å². The number of carboxylic acids is 2. The third-order valence-electron chi connectivity index (χ3n) is 3.03. The van der Waals surface area contributed by atoms with E-state index in [4.69, 9.17) is 10.2 Å². The molecule has 0 bridgehead atoms. The van der Waals surface area contributed by atoms with Crippen LogP contribution in [0, 0.1) is 0 Å². The maximum atomic E-state index is 12.0. The van der Waals surface area contributed by atoms with E-state index in [1.807, 2.05) is 0 Å². The lowest BCUT2D eigenvalue weighted by molar-refractivity contribution is -0.153. The van der Waals surface area contributed by atoms with E-state index in [-0.39, 0.29) is 10.9 Å². The summed E-state index contributed by atoms with van der Waals surface area (Å²) < 4.78 is 0. The molecule has 0 aliphatic heterocycles. The Morgan fingerprint density at radius 2 is 1.81 bits per heavy atom. The maximum absolute atomic E-state index is 12.0. The van der Waals surface area contributed by atoms with Crippen molar-refractivity contribution < 1.29 is 30.0 Å². The fourth-order valence-corrected chi connectivity index (χ4v) is 1.90. The first-order chi connectivity index (χ1) is 9.82. The number of nitrogens with one attached hydrogen (secondary N) is 1. The Bertz CT molecular complexity index is 780. The van der Waals surface area contributed by atoms with Crippen LogP contribution >= 0.6 is 0 Å². The van der Waals surface area contributed by atoms with E-state index in [0.717, 1.165) is 12.3 Å². The molecular formula is C13H11NO7. The highest BCUT2D eigenvalue weighted by Gasteiger charge is 2.25. The molecule has 1 aromatic carbocycles. The molecule has 2 aromatic rings. The van der Waals surface area contributed by atoms with Crippen LogP contribution in [-0.2, 0) is 4.79 Å². The summed E-state index contributed by atoms with van der Waals surface area (Å²) >= 11 is 0. The minimum Gasteiger partial charge on any atom is -0.479 e. The van der Waals surface area contributed by atoms with Crippen molar-refractivity contribution in [3.63, 3.8) is 0 Å². The first kappa shape index (κ1) is 14.7. The molecule has 0 spiro atoms. The summed E-state index contributed by atoms with van der Waals surface area (Å²) in [5, 5.41) is 36.5. The molecule has 110 valence electrons. The highest BCUT2D eigenvalue weighted by molar-refractivity contribution is 5.92. The number of aliphatic carboxylic acids is 1. The molecular weight excluding hydrogens is 282 g/mol. The topological polar surface area (TPSA) is 148 Å². The van der Waals surface area contributed by atoms with Crippen molar-refractivity contribution in [2.24, 2.45) is 0 Å². The van der Waals surface area contributed by atoms with Crippen LogP contribution < -0.4 is 5.43 Å². The van der Waals surface area contributed by atoms with E-state index in [0.29, 0.717) is 5.52 Å². The summed E-state index contributed by atoms with van der Waals surface area (Å²) in [6.45, 7) is 0. The predicted octanol–water partition coefficient (Wildman–Crippen LogP) is -0.295. The molecule has 8 heteroatoms. The zero-order chi connectivity index (χ0) is 15.7. The van der Waals surface area contributed by atoms with Crippen molar-refractivity contribution in [1.29, 1.82) is 0 Å². The SMILES string of the molecule is O=C(O)c1c[nH]c2ccc(C(O)C(O)C(=O)O)cc2c1=O. The van der Waals surface area contributed by atoms with Crippen LogP contribution in [0.4, 0.5) is 0 Å². The number of H-pyrrole nitrogens is 1. The first-order valence-corrected chi connectivity index (χ1v) is 5.80. The number of aliphatic hydroxyl groups is 2. The lowest BCUT2D eigenvalue weighted by atomic mass is 10.0. The molecule has 0 saturated heterocycles. The van der Waals surface area contributed by atoms with Gasteiger partial charge in [0.05, 0.1) is 0 Å². The molecule has 2 rings (SSSR count). The Kier molecular flexibility index (Phi) is 3.74. The Hall–Kier alpha value is -2.71. The summed E-state index contributed by atoms with van der Waals surface area (Å²) in [6.07, 6.45) is -2.74. The van der Waals surface area contributed by atoms with Gasteiger partial charge in [-0.1, -0.05) is 6.07 Å². The van der Waals surface area contributed by atoms with Gasteiger partial charge in [0.25, 0.3) is 0 Å². The smallest absolute Gasteiger partial charge is 0.341 e. The van der Waals surface area contributed by atoms with Crippen LogP contribution in [-0.4, -0.2) is 43.5 Å². The molecule has 1 aromatic heterocycles. The number of carbonyl (C=O) groups is 2. The minimum atomic E-state index is -2.05. The number of aromatic nitrogens is 1. The molecule has 21 heavy (non-hydrogen) atoms. The van der Waals surface area contributed by atoms with E-state index in [9.17, 15) is 24.6 Å². The standard InChI is InChI=1S/C13H11NO7/c15-9(11(17)13(20)21)5-1-2-8-6(3-5)10(16)7(4-14-8)12(18)19/h1-4,9,11,15,17H,(H,14,16)(H,18,19)(H,20,21). The zero-order valence-electron chi connectivity index (χ0n) is 10.5. The molecule has 8 nitrogen and oxygen atoms in total. The van der Waals surface area contributed by atoms with E-state index < -0.39 is 35.1 Å². The summed E-state index contributed by atoms with van der Waals surface area (Å²) in [5.74, 6) is -3.02. The highest BCUT2D eigenvalue weighted by atomic mass is 16.4. The van der Waals surface area contributed by atoms with Crippen LogP contribution in [0.25, 0.3) is 10.9 Å². The molecule has 0 fully saturated rings. The van der Waals surface area contributed by atoms with Crippen molar-refractivity contribution in [2.75, 3.05) is 0 Å². The van der Waals surface area contributed by atoms with Gasteiger partial charge in [-0.05, 0) is 17.7 Å². The lowest BCUT2D eigenvalue weighted by Crippen LogP contribution is -2.27. The van der Waals surface area contributed by atoms with Gasteiger partial charge in [0.2, 0.25) is 5.43 Å². The number of aromatic carboxylic acids is 1. The van der Waals surface area contributed by atoms with Crippen molar-refractivity contribution in [2.45, 2.75) is 12.2 Å². The Labute approximate surface area is 116 Å². The van der Waals surface area contributed by atoms with Gasteiger partial charge < -0.3 is 25.4 Å². The second-order valence-corrected chi connectivity index (χ2v) is 4.37. The average molecular weight is 293 g/mol. The Morgan fingerprint density at radius 1 is 1.14 bits per heavy atom. The van der Waals surface area contributed by atoms with Crippen LogP contribution in [0.1, 0.15) is 22.0 Å². The van der Waals surface area contributed by atoms with E-state index in [1.165, 1.54) is 12.1 Å². The van der Waals surface area contributed by atoms with Gasteiger partial charge in [-0.2, -0.15) is 0 Å². The number of hydrogen-bond donors (Lipinski definition) is 5. The maximum Gasteiger partial charge on any atom is 0.341 e. The van der Waals surface area contributed by atoms with Crippen molar-refractivity contribution in [3.8, 4) is 0 Å². The van der Waals surface area contributed by atoms with Gasteiger partial charge >= 0.3 is 11.9 Å². The first-order valence-electron chi connectivity index (χ1n) is 5.80. The van der Waals surface area contributed by atoms with Crippen LogP contribution in [0.15, 0.2) is 29.2 Å². The van der Waals surface area contributed by atoms with Crippen LogP contribution in [0.2, 0.25) is 0 Å². The molecule has 0 aliphatic carbocycles. The van der Waals surface area contributed by atoms with E-state index in [1.54, 1.807) is 0 Å². The Balaban J connectivity index is 2.60. The fraction of sp³-hybridized carbons (Fsp3) is 0.154. The number of aromatic amines is 1. The van der Waals surface area contributed by atoms with E-state index >= 15 is 0 Å². The number of benzene rings is 1. The largest absolute Gasteiger partial charge is 0.479 e. The van der Waals surface area contributed by atoms with Crippen molar-refractivity contribution in [3.05, 3.63) is 45.7 Å². The molecule has 0 amide bonds. The summed E-state index contributed by atoms with van der Waals surface area (Å²) in [6, 6.07) is 3.86. The van der Waals surface area contributed by atoms with Crippen molar-refractivity contribution in [1.82, 2.24) is 4.98 Å². The highest BCUT2D eigenvalue weighted by Crippen LogP contribution is 2.20. The normalized spacial score (nSPS) is 13.8. The second-order valence-electron chi connectivity index (χ2n) is 4.37. The number of pyridine rings is 1. The molecule has 2 atom stereocenters. The minimum absolute atomic E-state index is 0.00885. The summed E-state index contributed by atoms with van der Waals surface area (Å²) in [7, 11) is 0. The zero-order valence-corrected chi connectivity index (χ0v) is 10.5. The Morgan fingerprint density at radius 3 is 2.38 bits per heavy atom.